The largest absolute Gasteiger partial charge is 0.393 e. The van der Waals surface area contributed by atoms with Crippen molar-refractivity contribution in [1.29, 1.82) is 0 Å². The van der Waals surface area contributed by atoms with E-state index in [0.717, 1.165) is 32.4 Å². The number of hydrogen-bond donors (Lipinski definition) is 2. The molecule has 2 heterocycles. The molecule has 18 heavy (non-hydrogen) atoms. The quantitative estimate of drug-likeness (QED) is 0.847. The molecule has 0 atom stereocenters. The van der Waals surface area contributed by atoms with E-state index in [9.17, 15) is 0 Å². The van der Waals surface area contributed by atoms with Crippen LogP contribution in [0.1, 0.15) is 50.8 Å². The normalized spacial score (nSPS) is 16.3. The van der Waals surface area contributed by atoms with Crippen LogP contribution in [-0.4, -0.2) is 29.3 Å². The van der Waals surface area contributed by atoms with Crippen molar-refractivity contribution in [3.05, 3.63) is 29.6 Å². The second-order valence-electron chi connectivity index (χ2n) is 5.08. The van der Waals surface area contributed by atoms with Gasteiger partial charge in [-0.05, 0) is 49.9 Å². The van der Waals surface area contributed by atoms with Crippen molar-refractivity contribution in [2.24, 2.45) is 0 Å². The molecule has 2 rings (SSSR count). The second kappa shape index (κ2) is 8.22. The van der Waals surface area contributed by atoms with Gasteiger partial charge in [0.2, 0.25) is 0 Å². The highest BCUT2D eigenvalue weighted by Gasteiger charge is 2.06. The number of pyridine rings is 1. The van der Waals surface area contributed by atoms with Crippen LogP contribution >= 0.6 is 0 Å². The predicted molar refractivity (Wildman–Crippen MR) is 75.8 cm³/mol. The van der Waals surface area contributed by atoms with Gasteiger partial charge in [-0.2, -0.15) is 0 Å². The van der Waals surface area contributed by atoms with Gasteiger partial charge >= 0.3 is 0 Å². The minimum Gasteiger partial charge on any atom is -0.393 e. The van der Waals surface area contributed by atoms with Crippen molar-refractivity contribution in [3.8, 4) is 0 Å². The molecule has 0 amide bonds. The van der Waals surface area contributed by atoms with E-state index in [1.807, 2.05) is 6.20 Å². The van der Waals surface area contributed by atoms with E-state index >= 15 is 0 Å². The summed E-state index contributed by atoms with van der Waals surface area (Å²) < 4.78 is 0. The summed E-state index contributed by atoms with van der Waals surface area (Å²) in [6.07, 6.45) is 4.88. The molecule has 3 nitrogen and oxygen atoms in total. The van der Waals surface area contributed by atoms with Gasteiger partial charge in [0, 0.05) is 11.9 Å². The van der Waals surface area contributed by atoms with Gasteiger partial charge < -0.3 is 10.4 Å². The molecule has 0 aliphatic carbocycles. The predicted octanol–water partition coefficient (Wildman–Crippen LogP) is 2.50. The number of aliphatic hydroxyl groups is 1. The number of aryl methyl sites for hydroxylation is 1. The molecule has 0 radical (unpaired) electrons. The molecule has 1 aromatic rings. The number of piperidine rings is 1. The molecule has 0 aromatic carbocycles. The number of aliphatic hydroxyl groups excluding tert-OH is 1. The fourth-order valence-electron chi connectivity index (χ4n) is 1.79. The molecular formula is C15H26N2O. The van der Waals surface area contributed by atoms with Crippen LogP contribution in [0.25, 0.3) is 0 Å². The van der Waals surface area contributed by atoms with Crippen molar-refractivity contribution in [2.75, 3.05) is 13.1 Å². The van der Waals surface area contributed by atoms with Crippen molar-refractivity contribution in [3.63, 3.8) is 0 Å². The molecule has 102 valence electrons. The number of aromatic nitrogens is 1. The van der Waals surface area contributed by atoms with Gasteiger partial charge in [0.25, 0.3) is 0 Å². The van der Waals surface area contributed by atoms with Crippen molar-refractivity contribution in [2.45, 2.75) is 52.1 Å². The Bertz CT molecular complexity index is 316. The molecule has 0 saturated carbocycles. The monoisotopic (exact) mass is 250 g/mol. The molecule has 1 aliphatic heterocycles. The van der Waals surface area contributed by atoms with Gasteiger partial charge in [-0.25, -0.2) is 0 Å². The summed E-state index contributed by atoms with van der Waals surface area (Å²) in [6.45, 7) is 8.44. The van der Waals surface area contributed by atoms with Crippen LogP contribution in [0.15, 0.2) is 18.3 Å². The summed E-state index contributed by atoms with van der Waals surface area (Å²) >= 11 is 0. The topological polar surface area (TPSA) is 45.2 Å². The zero-order valence-electron chi connectivity index (χ0n) is 11.8. The van der Waals surface area contributed by atoms with E-state index in [2.05, 4.69) is 43.2 Å². The van der Waals surface area contributed by atoms with Crippen LogP contribution in [0, 0.1) is 0 Å². The summed E-state index contributed by atoms with van der Waals surface area (Å²) in [5, 5.41) is 12.0. The van der Waals surface area contributed by atoms with Crippen LogP contribution in [0.2, 0.25) is 0 Å². The molecule has 1 fully saturated rings. The minimum atomic E-state index is -0.0266. The highest BCUT2D eigenvalue weighted by Crippen LogP contribution is 2.11. The molecule has 0 unspecified atom stereocenters. The van der Waals surface area contributed by atoms with E-state index < -0.39 is 0 Å². The van der Waals surface area contributed by atoms with Gasteiger partial charge in [0.1, 0.15) is 0 Å². The van der Waals surface area contributed by atoms with Crippen LogP contribution in [0.3, 0.4) is 0 Å². The lowest BCUT2D eigenvalue weighted by Crippen LogP contribution is -2.30. The zero-order valence-corrected chi connectivity index (χ0v) is 11.8. The molecule has 1 saturated heterocycles. The third-order valence-corrected chi connectivity index (χ3v) is 3.16. The Hall–Kier alpha value is -0.930. The van der Waals surface area contributed by atoms with E-state index in [-0.39, 0.29) is 6.10 Å². The van der Waals surface area contributed by atoms with E-state index in [4.69, 9.17) is 5.11 Å². The van der Waals surface area contributed by atoms with Gasteiger partial charge in [0.15, 0.2) is 0 Å². The molecule has 2 N–H and O–H groups in total. The van der Waals surface area contributed by atoms with Gasteiger partial charge in [-0.3, -0.25) is 4.98 Å². The van der Waals surface area contributed by atoms with Crippen LogP contribution in [0.4, 0.5) is 0 Å². The Morgan fingerprint density at radius 3 is 2.33 bits per heavy atom. The van der Waals surface area contributed by atoms with Crippen LogP contribution in [-0.2, 0) is 6.42 Å². The molecule has 1 aliphatic rings. The first kappa shape index (κ1) is 15.1. The number of rotatable bonds is 2. The Kier molecular flexibility index (Phi) is 6.91. The lowest BCUT2D eigenvalue weighted by Gasteiger charge is -2.16. The lowest BCUT2D eigenvalue weighted by molar-refractivity contribution is 0.137. The van der Waals surface area contributed by atoms with Crippen LogP contribution in [0.5, 0.6) is 0 Å². The molecular weight excluding hydrogens is 224 g/mol. The SMILES string of the molecule is CCc1ccc(C(C)C)nc1.OC1CCNCC1. The maximum Gasteiger partial charge on any atom is 0.0564 e. The first-order valence-electron chi connectivity index (χ1n) is 6.97. The summed E-state index contributed by atoms with van der Waals surface area (Å²) in [5.74, 6) is 0.543. The summed E-state index contributed by atoms with van der Waals surface area (Å²) in [4.78, 5) is 4.35. The first-order chi connectivity index (χ1) is 8.63. The third-order valence-electron chi connectivity index (χ3n) is 3.16. The Morgan fingerprint density at radius 2 is 2.00 bits per heavy atom. The van der Waals surface area contributed by atoms with E-state index in [0.29, 0.717) is 5.92 Å². The Labute approximate surface area is 111 Å². The Morgan fingerprint density at radius 1 is 1.33 bits per heavy atom. The number of hydrogen-bond acceptors (Lipinski definition) is 3. The lowest BCUT2D eigenvalue weighted by atomic mass is 10.1. The maximum atomic E-state index is 8.87. The van der Waals surface area contributed by atoms with Crippen molar-refractivity contribution >= 4 is 0 Å². The van der Waals surface area contributed by atoms with Crippen molar-refractivity contribution < 1.29 is 5.11 Å². The van der Waals surface area contributed by atoms with Crippen LogP contribution < -0.4 is 5.32 Å². The zero-order chi connectivity index (χ0) is 13.4. The fourth-order valence-corrected chi connectivity index (χ4v) is 1.79. The standard InChI is InChI=1S/C10H15N.C5H11NO/c1-4-9-5-6-10(8(2)3)11-7-9;7-5-1-3-6-4-2-5/h5-8H,4H2,1-3H3;5-7H,1-4H2. The summed E-state index contributed by atoms with van der Waals surface area (Å²) in [6, 6.07) is 4.27. The number of nitrogens with one attached hydrogen (secondary N) is 1. The summed E-state index contributed by atoms with van der Waals surface area (Å²) in [5.41, 5.74) is 2.50. The van der Waals surface area contributed by atoms with Gasteiger partial charge in [0.05, 0.1) is 6.10 Å². The van der Waals surface area contributed by atoms with Gasteiger partial charge in [-0.1, -0.05) is 26.8 Å². The number of nitrogens with zero attached hydrogens (tertiary/aromatic N) is 1. The van der Waals surface area contributed by atoms with E-state index in [1.54, 1.807) is 0 Å². The highest BCUT2D eigenvalue weighted by atomic mass is 16.3. The Balaban J connectivity index is 0.000000199. The smallest absolute Gasteiger partial charge is 0.0564 e. The average Bonchev–Trinajstić information content (AvgIpc) is 2.40. The third kappa shape index (κ3) is 5.61. The summed E-state index contributed by atoms with van der Waals surface area (Å²) in [7, 11) is 0. The molecule has 3 heteroatoms. The first-order valence-corrected chi connectivity index (χ1v) is 6.97. The van der Waals surface area contributed by atoms with E-state index in [1.165, 1.54) is 11.3 Å². The fraction of sp³-hybridized carbons (Fsp3) is 0.667. The molecule has 0 bridgehead atoms. The molecule has 1 aromatic heterocycles. The van der Waals surface area contributed by atoms with Gasteiger partial charge in [-0.15, -0.1) is 0 Å². The highest BCUT2D eigenvalue weighted by molar-refractivity contribution is 5.15. The van der Waals surface area contributed by atoms with Crippen molar-refractivity contribution in [1.82, 2.24) is 10.3 Å². The maximum absolute atomic E-state index is 8.87. The minimum absolute atomic E-state index is 0.0266. The molecule has 0 spiro atoms. The second-order valence-corrected chi connectivity index (χ2v) is 5.08. The average molecular weight is 250 g/mol.